The van der Waals surface area contributed by atoms with Crippen LogP contribution < -0.4 is 5.73 Å². The molecule has 0 radical (unpaired) electrons. The standard InChI is InChI=1S/C13H20IN/c1-3-8-13(2,10-15)9-11-4-6-12(14)7-5-11/h4-7H,3,8-10,15H2,1-2H3. The van der Waals surface area contributed by atoms with Crippen LogP contribution >= 0.6 is 22.6 Å². The molecule has 2 heteroatoms. The Balaban J connectivity index is 2.70. The van der Waals surface area contributed by atoms with Gasteiger partial charge in [-0.15, -0.1) is 0 Å². The molecule has 2 N–H and O–H groups in total. The van der Waals surface area contributed by atoms with E-state index in [4.69, 9.17) is 5.73 Å². The lowest BCUT2D eigenvalue weighted by atomic mass is 9.80. The molecule has 0 aliphatic rings. The Morgan fingerprint density at radius 1 is 1.27 bits per heavy atom. The van der Waals surface area contributed by atoms with Gasteiger partial charge in [0.1, 0.15) is 0 Å². The first-order valence-corrected chi connectivity index (χ1v) is 6.62. The van der Waals surface area contributed by atoms with Crippen molar-refractivity contribution in [2.75, 3.05) is 6.54 Å². The van der Waals surface area contributed by atoms with Crippen molar-refractivity contribution in [1.29, 1.82) is 0 Å². The van der Waals surface area contributed by atoms with E-state index in [1.807, 2.05) is 0 Å². The normalized spacial score (nSPS) is 14.9. The lowest BCUT2D eigenvalue weighted by Crippen LogP contribution is -2.29. The third-order valence-electron chi connectivity index (χ3n) is 2.89. The number of hydrogen-bond acceptors (Lipinski definition) is 1. The molecule has 0 aromatic heterocycles. The Labute approximate surface area is 107 Å². The first-order valence-electron chi connectivity index (χ1n) is 5.54. The summed E-state index contributed by atoms with van der Waals surface area (Å²) in [5.74, 6) is 0. The lowest BCUT2D eigenvalue weighted by Gasteiger charge is -2.27. The number of rotatable bonds is 5. The summed E-state index contributed by atoms with van der Waals surface area (Å²) in [6.07, 6.45) is 3.50. The van der Waals surface area contributed by atoms with Gasteiger partial charge in [-0.05, 0) is 65.1 Å². The van der Waals surface area contributed by atoms with Crippen molar-refractivity contribution < 1.29 is 0 Å². The Morgan fingerprint density at radius 3 is 2.33 bits per heavy atom. The second kappa shape index (κ2) is 5.85. The maximum absolute atomic E-state index is 5.87. The molecule has 1 aromatic carbocycles. The van der Waals surface area contributed by atoms with Crippen molar-refractivity contribution in [2.45, 2.75) is 33.1 Å². The average molecular weight is 317 g/mol. The van der Waals surface area contributed by atoms with Gasteiger partial charge in [-0.2, -0.15) is 0 Å². The van der Waals surface area contributed by atoms with Gasteiger partial charge in [-0.1, -0.05) is 32.4 Å². The Hall–Kier alpha value is -0.0900. The van der Waals surface area contributed by atoms with E-state index in [1.165, 1.54) is 22.0 Å². The van der Waals surface area contributed by atoms with E-state index in [9.17, 15) is 0 Å². The Kier molecular flexibility index (Phi) is 5.06. The largest absolute Gasteiger partial charge is 0.330 e. The van der Waals surface area contributed by atoms with Gasteiger partial charge in [0.15, 0.2) is 0 Å². The summed E-state index contributed by atoms with van der Waals surface area (Å²) in [5.41, 5.74) is 7.53. The summed E-state index contributed by atoms with van der Waals surface area (Å²) in [4.78, 5) is 0. The van der Waals surface area contributed by atoms with Crippen LogP contribution in [0.5, 0.6) is 0 Å². The molecule has 15 heavy (non-hydrogen) atoms. The third-order valence-corrected chi connectivity index (χ3v) is 3.61. The van der Waals surface area contributed by atoms with E-state index in [2.05, 4.69) is 60.7 Å². The minimum Gasteiger partial charge on any atom is -0.330 e. The zero-order valence-electron chi connectivity index (χ0n) is 9.59. The monoisotopic (exact) mass is 317 g/mol. The highest BCUT2D eigenvalue weighted by Gasteiger charge is 2.21. The van der Waals surface area contributed by atoms with Crippen LogP contribution in [0.4, 0.5) is 0 Å². The second-order valence-corrected chi connectivity index (χ2v) is 5.81. The number of halogens is 1. The fourth-order valence-corrected chi connectivity index (χ4v) is 2.32. The Morgan fingerprint density at radius 2 is 1.87 bits per heavy atom. The quantitative estimate of drug-likeness (QED) is 0.825. The molecule has 0 bridgehead atoms. The molecular weight excluding hydrogens is 297 g/mol. The van der Waals surface area contributed by atoms with Gasteiger partial charge in [-0.3, -0.25) is 0 Å². The van der Waals surface area contributed by atoms with Gasteiger partial charge in [0.05, 0.1) is 0 Å². The fraction of sp³-hybridized carbons (Fsp3) is 0.538. The molecule has 1 unspecified atom stereocenters. The summed E-state index contributed by atoms with van der Waals surface area (Å²) in [7, 11) is 0. The minimum atomic E-state index is 0.265. The van der Waals surface area contributed by atoms with E-state index in [0.717, 1.165) is 13.0 Å². The molecule has 0 heterocycles. The van der Waals surface area contributed by atoms with Crippen molar-refractivity contribution in [2.24, 2.45) is 11.1 Å². The van der Waals surface area contributed by atoms with Crippen molar-refractivity contribution in [3.8, 4) is 0 Å². The summed E-state index contributed by atoms with van der Waals surface area (Å²) < 4.78 is 1.29. The maximum atomic E-state index is 5.87. The molecule has 1 rings (SSSR count). The summed E-state index contributed by atoms with van der Waals surface area (Å²) in [6.45, 7) is 5.28. The van der Waals surface area contributed by atoms with Crippen molar-refractivity contribution in [1.82, 2.24) is 0 Å². The highest BCUT2D eigenvalue weighted by molar-refractivity contribution is 14.1. The van der Waals surface area contributed by atoms with Gasteiger partial charge in [0.25, 0.3) is 0 Å². The van der Waals surface area contributed by atoms with Gasteiger partial charge < -0.3 is 5.73 Å². The van der Waals surface area contributed by atoms with E-state index < -0.39 is 0 Å². The zero-order chi connectivity index (χ0) is 11.3. The molecule has 0 aliphatic carbocycles. The molecule has 1 atom stereocenters. The molecule has 0 fully saturated rings. The number of nitrogens with two attached hydrogens (primary N) is 1. The molecule has 1 aromatic rings. The van der Waals surface area contributed by atoms with Crippen molar-refractivity contribution in [3.63, 3.8) is 0 Å². The summed E-state index contributed by atoms with van der Waals surface area (Å²) in [6, 6.07) is 8.76. The first-order chi connectivity index (χ1) is 7.09. The van der Waals surface area contributed by atoms with E-state index in [1.54, 1.807) is 0 Å². The number of hydrogen-bond donors (Lipinski definition) is 1. The minimum absolute atomic E-state index is 0.265. The molecule has 84 valence electrons. The predicted octanol–water partition coefficient (Wildman–Crippen LogP) is 3.60. The van der Waals surface area contributed by atoms with Gasteiger partial charge in [-0.25, -0.2) is 0 Å². The molecule has 0 saturated heterocycles. The fourth-order valence-electron chi connectivity index (χ4n) is 1.96. The zero-order valence-corrected chi connectivity index (χ0v) is 11.8. The van der Waals surface area contributed by atoms with Gasteiger partial charge in [0, 0.05) is 3.57 Å². The molecule has 0 spiro atoms. The second-order valence-electron chi connectivity index (χ2n) is 4.57. The highest BCUT2D eigenvalue weighted by atomic mass is 127. The maximum Gasteiger partial charge on any atom is 0.0130 e. The van der Waals surface area contributed by atoms with Crippen LogP contribution in [0.3, 0.4) is 0 Å². The van der Waals surface area contributed by atoms with Crippen molar-refractivity contribution in [3.05, 3.63) is 33.4 Å². The topological polar surface area (TPSA) is 26.0 Å². The molecule has 0 saturated carbocycles. The lowest BCUT2D eigenvalue weighted by molar-refractivity contribution is 0.302. The van der Waals surface area contributed by atoms with Gasteiger partial charge >= 0.3 is 0 Å². The van der Waals surface area contributed by atoms with Crippen LogP contribution in [-0.4, -0.2) is 6.54 Å². The summed E-state index contributed by atoms with van der Waals surface area (Å²) >= 11 is 2.34. The van der Waals surface area contributed by atoms with Crippen molar-refractivity contribution >= 4 is 22.6 Å². The smallest absolute Gasteiger partial charge is 0.0130 e. The van der Waals surface area contributed by atoms with E-state index >= 15 is 0 Å². The van der Waals surface area contributed by atoms with Crippen LogP contribution in [-0.2, 0) is 6.42 Å². The van der Waals surface area contributed by atoms with Crippen LogP contribution in [0.2, 0.25) is 0 Å². The predicted molar refractivity (Wildman–Crippen MR) is 74.9 cm³/mol. The molecule has 0 amide bonds. The van der Waals surface area contributed by atoms with Crippen LogP contribution in [0, 0.1) is 8.99 Å². The van der Waals surface area contributed by atoms with Gasteiger partial charge in [0.2, 0.25) is 0 Å². The highest BCUT2D eigenvalue weighted by Crippen LogP contribution is 2.27. The van der Waals surface area contributed by atoms with E-state index in [0.29, 0.717) is 0 Å². The third kappa shape index (κ3) is 4.11. The van der Waals surface area contributed by atoms with Crippen LogP contribution in [0.1, 0.15) is 32.3 Å². The SMILES string of the molecule is CCCC(C)(CN)Cc1ccc(I)cc1. The molecular formula is C13H20IN. The Bertz CT molecular complexity index is 294. The average Bonchev–Trinajstić information content (AvgIpc) is 2.22. The molecule has 1 nitrogen and oxygen atoms in total. The molecule has 0 aliphatic heterocycles. The first kappa shape index (κ1) is 13.0. The van der Waals surface area contributed by atoms with E-state index in [-0.39, 0.29) is 5.41 Å². The number of benzene rings is 1. The van der Waals surface area contributed by atoms with Crippen LogP contribution in [0.15, 0.2) is 24.3 Å². The van der Waals surface area contributed by atoms with Crippen LogP contribution in [0.25, 0.3) is 0 Å². The summed E-state index contributed by atoms with van der Waals surface area (Å²) in [5, 5.41) is 0.